The molecule has 0 fully saturated rings. The number of nitrogens with one attached hydrogen (secondary N) is 3. The summed E-state index contributed by atoms with van der Waals surface area (Å²) in [6, 6.07) is 0. The Morgan fingerprint density at radius 2 is 2.29 bits per heavy atom. The molecular formula is C8H15N5S. The van der Waals surface area contributed by atoms with Crippen LogP contribution in [0.15, 0.2) is 6.33 Å². The molecular weight excluding hydrogens is 198 g/mol. The maximum atomic E-state index is 5.05. The van der Waals surface area contributed by atoms with Gasteiger partial charge in [-0.2, -0.15) is 5.10 Å². The van der Waals surface area contributed by atoms with Crippen LogP contribution >= 0.6 is 12.2 Å². The van der Waals surface area contributed by atoms with Crippen LogP contribution in [0, 0.1) is 0 Å². The summed E-state index contributed by atoms with van der Waals surface area (Å²) >= 11 is 5.05. The first kappa shape index (κ1) is 10.9. The third kappa shape index (κ3) is 4.18. The monoisotopic (exact) mass is 213 g/mol. The molecule has 0 amide bonds. The van der Waals surface area contributed by atoms with Crippen LogP contribution < -0.4 is 10.6 Å². The van der Waals surface area contributed by atoms with Gasteiger partial charge in [0.15, 0.2) is 5.11 Å². The van der Waals surface area contributed by atoms with Gasteiger partial charge < -0.3 is 10.6 Å². The minimum Gasteiger partial charge on any atom is -0.363 e. The fourth-order valence-electron chi connectivity index (χ4n) is 0.947. The van der Waals surface area contributed by atoms with E-state index in [1.54, 1.807) is 0 Å². The van der Waals surface area contributed by atoms with Crippen molar-refractivity contribution in [3.05, 3.63) is 12.2 Å². The first-order valence-electron chi connectivity index (χ1n) is 4.69. The number of thiocarbonyl (C=S) groups is 1. The lowest BCUT2D eigenvalue weighted by Crippen LogP contribution is -2.36. The van der Waals surface area contributed by atoms with Crippen LogP contribution in [0.3, 0.4) is 0 Å². The van der Waals surface area contributed by atoms with Crippen LogP contribution in [0.1, 0.15) is 19.2 Å². The normalized spacial score (nSPS) is 9.79. The maximum absolute atomic E-state index is 5.05. The molecule has 0 atom stereocenters. The van der Waals surface area contributed by atoms with E-state index in [1.165, 1.54) is 6.33 Å². The van der Waals surface area contributed by atoms with E-state index in [1.807, 2.05) is 0 Å². The Morgan fingerprint density at radius 1 is 1.50 bits per heavy atom. The van der Waals surface area contributed by atoms with Crippen LogP contribution in [0.5, 0.6) is 0 Å². The molecule has 0 spiro atoms. The van der Waals surface area contributed by atoms with Crippen molar-refractivity contribution < 1.29 is 0 Å². The fourth-order valence-corrected chi connectivity index (χ4v) is 1.15. The zero-order chi connectivity index (χ0) is 10.2. The van der Waals surface area contributed by atoms with Crippen LogP contribution in [-0.4, -0.2) is 33.4 Å². The van der Waals surface area contributed by atoms with Gasteiger partial charge in [-0.3, -0.25) is 5.10 Å². The molecule has 6 heteroatoms. The van der Waals surface area contributed by atoms with Crippen molar-refractivity contribution in [2.45, 2.75) is 19.8 Å². The van der Waals surface area contributed by atoms with Gasteiger partial charge in [-0.25, -0.2) is 4.98 Å². The molecule has 0 bridgehead atoms. The van der Waals surface area contributed by atoms with Gasteiger partial charge in [0, 0.05) is 19.5 Å². The van der Waals surface area contributed by atoms with Gasteiger partial charge in [0.05, 0.1) is 0 Å². The average molecular weight is 213 g/mol. The Bertz CT molecular complexity index is 259. The van der Waals surface area contributed by atoms with Gasteiger partial charge in [0.25, 0.3) is 0 Å². The summed E-state index contributed by atoms with van der Waals surface area (Å²) < 4.78 is 0. The lowest BCUT2D eigenvalue weighted by atomic mass is 10.4. The van der Waals surface area contributed by atoms with E-state index in [4.69, 9.17) is 12.2 Å². The van der Waals surface area contributed by atoms with E-state index in [2.05, 4.69) is 32.7 Å². The Balaban J connectivity index is 2.06. The van der Waals surface area contributed by atoms with Crippen LogP contribution in [0.4, 0.5) is 0 Å². The standard InChI is InChI=1S/C8H15N5S/c1-2-4-9-8(14)10-5-3-7-11-6-12-13-7/h6H,2-5H2,1H3,(H2,9,10,14)(H,11,12,13). The van der Waals surface area contributed by atoms with Gasteiger partial charge in [-0.1, -0.05) is 6.92 Å². The van der Waals surface area contributed by atoms with Crippen molar-refractivity contribution >= 4 is 17.3 Å². The van der Waals surface area contributed by atoms with Gasteiger partial charge in [-0.05, 0) is 18.6 Å². The van der Waals surface area contributed by atoms with E-state index in [0.29, 0.717) is 5.11 Å². The summed E-state index contributed by atoms with van der Waals surface area (Å²) in [7, 11) is 0. The first-order chi connectivity index (χ1) is 6.83. The Kier molecular flexibility index (Phi) is 4.92. The van der Waals surface area contributed by atoms with Crippen LogP contribution in [0.2, 0.25) is 0 Å². The molecule has 0 aliphatic carbocycles. The zero-order valence-electron chi connectivity index (χ0n) is 8.21. The number of hydrogen-bond acceptors (Lipinski definition) is 3. The smallest absolute Gasteiger partial charge is 0.166 e. The average Bonchev–Trinajstić information content (AvgIpc) is 2.67. The van der Waals surface area contributed by atoms with Gasteiger partial charge >= 0.3 is 0 Å². The molecule has 1 aromatic heterocycles. The highest BCUT2D eigenvalue weighted by atomic mass is 32.1. The van der Waals surface area contributed by atoms with Crippen molar-refractivity contribution in [1.82, 2.24) is 25.8 Å². The summed E-state index contributed by atoms with van der Waals surface area (Å²) in [6.07, 6.45) is 3.38. The Hall–Kier alpha value is -1.17. The van der Waals surface area contributed by atoms with Crippen molar-refractivity contribution in [1.29, 1.82) is 0 Å². The summed E-state index contributed by atoms with van der Waals surface area (Å²) in [5.41, 5.74) is 0. The Labute approximate surface area is 88.7 Å². The van der Waals surface area contributed by atoms with Crippen LogP contribution in [-0.2, 0) is 6.42 Å². The molecule has 78 valence electrons. The fraction of sp³-hybridized carbons (Fsp3) is 0.625. The minimum atomic E-state index is 0.700. The van der Waals surface area contributed by atoms with E-state index in [9.17, 15) is 0 Å². The third-order valence-corrected chi connectivity index (χ3v) is 1.94. The third-order valence-electron chi connectivity index (χ3n) is 1.65. The molecule has 0 saturated heterocycles. The SMILES string of the molecule is CCCNC(=S)NCCc1ncn[nH]1. The molecule has 5 nitrogen and oxygen atoms in total. The summed E-state index contributed by atoms with van der Waals surface area (Å²) in [6.45, 7) is 3.78. The molecule has 3 N–H and O–H groups in total. The van der Waals surface area contributed by atoms with E-state index in [0.717, 1.165) is 31.8 Å². The molecule has 1 aromatic rings. The summed E-state index contributed by atoms with van der Waals surface area (Å²) in [5.74, 6) is 0.871. The van der Waals surface area contributed by atoms with Gasteiger partial charge in [0.2, 0.25) is 0 Å². The number of aromatic nitrogens is 3. The van der Waals surface area contributed by atoms with E-state index < -0.39 is 0 Å². The number of aromatic amines is 1. The molecule has 1 heterocycles. The molecule has 0 unspecified atom stereocenters. The highest BCUT2D eigenvalue weighted by molar-refractivity contribution is 7.80. The van der Waals surface area contributed by atoms with Gasteiger partial charge in [0.1, 0.15) is 12.2 Å². The molecule has 1 rings (SSSR count). The van der Waals surface area contributed by atoms with E-state index in [-0.39, 0.29) is 0 Å². The van der Waals surface area contributed by atoms with Crippen molar-refractivity contribution in [2.24, 2.45) is 0 Å². The van der Waals surface area contributed by atoms with Crippen molar-refractivity contribution in [3.63, 3.8) is 0 Å². The minimum absolute atomic E-state index is 0.700. The molecule has 0 saturated carbocycles. The second-order valence-electron chi connectivity index (χ2n) is 2.86. The maximum Gasteiger partial charge on any atom is 0.166 e. The van der Waals surface area contributed by atoms with Crippen LogP contribution in [0.25, 0.3) is 0 Å². The molecule has 14 heavy (non-hydrogen) atoms. The quantitative estimate of drug-likeness (QED) is 0.611. The predicted molar refractivity (Wildman–Crippen MR) is 59.0 cm³/mol. The zero-order valence-corrected chi connectivity index (χ0v) is 9.02. The lowest BCUT2D eigenvalue weighted by Gasteiger charge is -2.08. The first-order valence-corrected chi connectivity index (χ1v) is 5.09. The molecule has 0 aromatic carbocycles. The predicted octanol–water partition coefficient (Wildman–Crippen LogP) is 0.221. The largest absolute Gasteiger partial charge is 0.363 e. The van der Waals surface area contributed by atoms with E-state index >= 15 is 0 Å². The highest BCUT2D eigenvalue weighted by Gasteiger charge is 1.96. The number of hydrogen-bond donors (Lipinski definition) is 3. The molecule has 0 aliphatic heterocycles. The Morgan fingerprint density at radius 3 is 2.93 bits per heavy atom. The number of H-pyrrole nitrogens is 1. The second-order valence-corrected chi connectivity index (χ2v) is 3.27. The number of rotatable bonds is 5. The van der Waals surface area contributed by atoms with Crippen molar-refractivity contribution in [2.75, 3.05) is 13.1 Å². The highest BCUT2D eigenvalue weighted by Crippen LogP contribution is 1.85. The number of nitrogens with zero attached hydrogens (tertiary/aromatic N) is 2. The topological polar surface area (TPSA) is 65.6 Å². The lowest BCUT2D eigenvalue weighted by molar-refractivity contribution is 0.772. The second kappa shape index (κ2) is 6.31. The molecule has 0 radical (unpaired) electrons. The summed E-state index contributed by atoms with van der Waals surface area (Å²) in [4.78, 5) is 4.00. The molecule has 0 aliphatic rings. The van der Waals surface area contributed by atoms with Gasteiger partial charge in [-0.15, -0.1) is 0 Å². The summed E-state index contributed by atoms with van der Waals surface area (Å²) in [5, 5.41) is 13.4. The van der Waals surface area contributed by atoms with Crippen molar-refractivity contribution in [3.8, 4) is 0 Å².